The van der Waals surface area contributed by atoms with E-state index in [9.17, 15) is 13.6 Å². The molecule has 0 aromatic rings. The van der Waals surface area contributed by atoms with E-state index in [1.165, 1.54) is 6.92 Å². The molecule has 0 radical (unpaired) electrons. The van der Waals surface area contributed by atoms with E-state index in [-0.39, 0.29) is 5.57 Å². The van der Waals surface area contributed by atoms with Crippen molar-refractivity contribution in [1.82, 2.24) is 0 Å². The highest BCUT2D eigenvalue weighted by atomic mass is 32.2. The van der Waals surface area contributed by atoms with Crippen molar-refractivity contribution in [3.8, 4) is 0 Å². The first-order chi connectivity index (χ1) is 4.04. The summed E-state index contributed by atoms with van der Waals surface area (Å²) in [4.78, 5) is 10.2. The van der Waals surface area contributed by atoms with Gasteiger partial charge in [0.15, 0.2) is 0 Å². The molecule has 0 aromatic carbocycles. The standard InChI is InChI=1S/C4H6O4S/c1-3(2)4(5)8-9(6)7/h1H2,2H3,(H,6,7)/p-1. The second kappa shape index (κ2) is 3.37. The monoisotopic (exact) mass is 149 g/mol. The number of carbonyl (C=O) groups is 1. The molecule has 0 saturated heterocycles. The molecule has 0 aromatic heterocycles. The zero-order valence-electron chi connectivity index (χ0n) is 4.75. The quantitative estimate of drug-likeness (QED) is 0.406. The number of hydrogen-bond donors (Lipinski definition) is 0. The molecule has 0 fully saturated rings. The maximum Gasteiger partial charge on any atom is 0.346 e. The van der Waals surface area contributed by atoms with Crippen molar-refractivity contribution in [1.29, 1.82) is 0 Å². The van der Waals surface area contributed by atoms with Crippen molar-refractivity contribution in [3.05, 3.63) is 12.2 Å². The van der Waals surface area contributed by atoms with Crippen LogP contribution in [0.4, 0.5) is 0 Å². The molecular weight excluding hydrogens is 144 g/mol. The fourth-order valence-corrected chi connectivity index (χ4v) is 0.399. The first kappa shape index (κ1) is 8.32. The first-order valence-corrected chi connectivity index (χ1v) is 3.01. The van der Waals surface area contributed by atoms with Gasteiger partial charge in [0.25, 0.3) is 0 Å². The molecule has 5 heteroatoms. The van der Waals surface area contributed by atoms with E-state index in [1.807, 2.05) is 0 Å². The van der Waals surface area contributed by atoms with Gasteiger partial charge in [0.2, 0.25) is 0 Å². The van der Waals surface area contributed by atoms with Crippen LogP contribution in [0.1, 0.15) is 6.92 Å². The van der Waals surface area contributed by atoms with E-state index in [2.05, 4.69) is 10.8 Å². The Hall–Kier alpha value is -0.680. The minimum atomic E-state index is -2.78. The van der Waals surface area contributed by atoms with Gasteiger partial charge in [-0.2, -0.15) is 0 Å². The van der Waals surface area contributed by atoms with Crippen LogP contribution in [0, 0.1) is 0 Å². The van der Waals surface area contributed by atoms with Crippen molar-refractivity contribution in [3.63, 3.8) is 0 Å². The molecule has 9 heavy (non-hydrogen) atoms. The molecule has 0 N–H and O–H groups in total. The Morgan fingerprint density at radius 2 is 2.22 bits per heavy atom. The van der Waals surface area contributed by atoms with Gasteiger partial charge < -0.3 is 8.74 Å². The zero-order chi connectivity index (χ0) is 7.44. The molecule has 0 aliphatic heterocycles. The van der Waals surface area contributed by atoms with Crippen LogP contribution in [0.5, 0.6) is 0 Å². The van der Waals surface area contributed by atoms with E-state index in [0.717, 1.165) is 0 Å². The molecule has 0 spiro atoms. The van der Waals surface area contributed by atoms with Crippen LogP contribution in [0.2, 0.25) is 0 Å². The summed E-state index contributed by atoms with van der Waals surface area (Å²) in [6.07, 6.45) is 0. The van der Waals surface area contributed by atoms with Gasteiger partial charge in [0.1, 0.15) is 11.4 Å². The van der Waals surface area contributed by atoms with Gasteiger partial charge in [-0.1, -0.05) is 6.58 Å². The fourth-order valence-electron chi connectivity index (χ4n) is 0.133. The smallest absolute Gasteiger partial charge is 0.346 e. The highest BCUT2D eigenvalue weighted by molar-refractivity contribution is 7.74. The predicted molar refractivity (Wildman–Crippen MR) is 29.8 cm³/mol. The van der Waals surface area contributed by atoms with Crippen LogP contribution >= 0.6 is 0 Å². The number of rotatable bonds is 2. The topological polar surface area (TPSA) is 66.4 Å². The summed E-state index contributed by atoms with van der Waals surface area (Å²) in [5, 5.41) is 0. The van der Waals surface area contributed by atoms with Crippen LogP contribution < -0.4 is 0 Å². The lowest BCUT2D eigenvalue weighted by Gasteiger charge is -2.03. The average Bonchev–Trinajstić information content (AvgIpc) is 1.63. The molecule has 1 unspecified atom stereocenters. The third kappa shape index (κ3) is 3.87. The van der Waals surface area contributed by atoms with Crippen molar-refractivity contribution in [2.75, 3.05) is 0 Å². The van der Waals surface area contributed by atoms with Gasteiger partial charge in [-0.05, 0) is 6.92 Å². The predicted octanol–water partition coefficient (Wildman–Crippen LogP) is -0.100. The summed E-state index contributed by atoms with van der Waals surface area (Å²) >= 11 is -2.78. The van der Waals surface area contributed by atoms with Gasteiger partial charge in [-0.15, -0.1) is 0 Å². The highest BCUT2D eigenvalue weighted by Crippen LogP contribution is 1.92. The second-order valence-electron chi connectivity index (χ2n) is 1.36. The van der Waals surface area contributed by atoms with Crippen LogP contribution in [0.15, 0.2) is 12.2 Å². The molecule has 4 nitrogen and oxygen atoms in total. The van der Waals surface area contributed by atoms with Crippen molar-refractivity contribution in [2.24, 2.45) is 0 Å². The summed E-state index contributed by atoms with van der Waals surface area (Å²) in [6, 6.07) is 0. The molecule has 0 aliphatic carbocycles. The SMILES string of the molecule is C=C(C)C(=O)OS(=O)[O-]. The third-order valence-corrected chi connectivity index (χ3v) is 0.780. The molecule has 0 saturated carbocycles. The van der Waals surface area contributed by atoms with Gasteiger partial charge in [0.05, 0.1) is 0 Å². The first-order valence-electron chi connectivity index (χ1n) is 2.01. The van der Waals surface area contributed by atoms with Gasteiger partial charge in [0, 0.05) is 5.57 Å². The lowest BCUT2D eigenvalue weighted by atomic mass is 10.4. The molecule has 0 rings (SSSR count). The van der Waals surface area contributed by atoms with Crippen molar-refractivity contribution >= 4 is 17.3 Å². The normalized spacial score (nSPS) is 12.2. The molecule has 1 atom stereocenters. The maximum absolute atomic E-state index is 10.2. The Morgan fingerprint density at radius 1 is 1.78 bits per heavy atom. The van der Waals surface area contributed by atoms with Crippen molar-refractivity contribution in [2.45, 2.75) is 6.92 Å². The minimum Gasteiger partial charge on any atom is -0.740 e. The maximum atomic E-state index is 10.2. The molecule has 0 amide bonds. The molecule has 52 valence electrons. The van der Waals surface area contributed by atoms with Crippen LogP contribution in [-0.2, 0) is 20.3 Å². The minimum absolute atomic E-state index is 0.0548. The van der Waals surface area contributed by atoms with Crippen molar-refractivity contribution < 1.29 is 17.7 Å². The Bertz CT molecular complexity index is 162. The summed E-state index contributed by atoms with van der Waals surface area (Å²) in [6.45, 7) is 4.52. The molecule has 0 heterocycles. The van der Waals surface area contributed by atoms with E-state index in [1.54, 1.807) is 0 Å². The Balaban J connectivity index is 3.79. The third-order valence-electron chi connectivity index (χ3n) is 0.492. The number of hydrogen-bond acceptors (Lipinski definition) is 4. The van der Waals surface area contributed by atoms with E-state index < -0.39 is 17.3 Å². The summed E-state index contributed by atoms with van der Waals surface area (Å²) in [7, 11) is 0. The largest absolute Gasteiger partial charge is 0.740 e. The average molecular weight is 149 g/mol. The number of carbonyl (C=O) groups excluding carboxylic acids is 1. The van der Waals surface area contributed by atoms with Crippen LogP contribution in [-0.4, -0.2) is 14.7 Å². The Morgan fingerprint density at radius 3 is 2.33 bits per heavy atom. The summed E-state index contributed by atoms with van der Waals surface area (Å²) in [5.74, 6) is -0.927. The zero-order valence-corrected chi connectivity index (χ0v) is 5.56. The van der Waals surface area contributed by atoms with Gasteiger partial charge in [-0.3, -0.25) is 0 Å². The van der Waals surface area contributed by atoms with Crippen LogP contribution in [0.3, 0.4) is 0 Å². The molecule has 0 aliphatic rings. The van der Waals surface area contributed by atoms with Crippen LogP contribution in [0.25, 0.3) is 0 Å². The summed E-state index contributed by atoms with van der Waals surface area (Å²) in [5.41, 5.74) is 0.0548. The second-order valence-corrected chi connectivity index (χ2v) is 1.93. The fraction of sp³-hybridized carbons (Fsp3) is 0.250. The lowest BCUT2D eigenvalue weighted by molar-refractivity contribution is -0.129. The Labute approximate surface area is 55.0 Å². The van der Waals surface area contributed by atoms with E-state index in [4.69, 9.17) is 0 Å². The molecular formula is C4H5O4S-. The highest BCUT2D eigenvalue weighted by Gasteiger charge is 2.01. The summed E-state index contributed by atoms with van der Waals surface area (Å²) < 4.78 is 22.9. The van der Waals surface area contributed by atoms with Gasteiger partial charge in [-0.25, -0.2) is 9.00 Å². The van der Waals surface area contributed by atoms with Gasteiger partial charge >= 0.3 is 5.97 Å². The van der Waals surface area contributed by atoms with E-state index in [0.29, 0.717) is 0 Å². The van der Waals surface area contributed by atoms with E-state index >= 15 is 0 Å². The lowest BCUT2D eigenvalue weighted by Crippen LogP contribution is -2.06. The molecule has 0 bridgehead atoms. The Kier molecular flexibility index (Phi) is 3.11.